The molecule has 5 heteroatoms. The SMILES string of the molecule is NC1=NCCCC1OCc1c(F)cccc1F. The van der Waals surface area contributed by atoms with Crippen LogP contribution in [0.25, 0.3) is 0 Å². The predicted molar refractivity (Wildman–Crippen MR) is 60.7 cm³/mol. The van der Waals surface area contributed by atoms with Crippen LogP contribution in [0.2, 0.25) is 0 Å². The van der Waals surface area contributed by atoms with Gasteiger partial charge in [-0.05, 0) is 25.0 Å². The Bertz CT molecular complexity index is 414. The third-order valence-electron chi connectivity index (χ3n) is 2.74. The van der Waals surface area contributed by atoms with Crippen molar-refractivity contribution < 1.29 is 13.5 Å². The molecule has 1 unspecified atom stereocenters. The van der Waals surface area contributed by atoms with E-state index >= 15 is 0 Å². The number of amidine groups is 1. The molecule has 0 saturated heterocycles. The highest BCUT2D eigenvalue weighted by Gasteiger charge is 2.19. The quantitative estimate of drug-likeness (QED) is 0.878. The zero-order valence-electron chi connectivity index (χ0n) is 9.33. The van der Waals surface area contributed by atoms with E-state index in [2.05, 4.69) is 4.99 Å². The Morgan fingerprint density at radius 2 is 2.06 bits per heavy atom. The highest BCUT2D eigenvalue weighted by atomic mass is 19.1. The van der Waals surface area contributed by atoms with Gasteiger partial charge < -0.3 is 10.5 Å². The molecule has 2 rings (SSSR count). The number of nitrogens with zero attached hydrogens (tertiary/aromatic N) is 1. The fraction of sp³-hybridized carbons (Fsp3) is 0.417. The van der Waals surface area contributed by atoms with Gasteiger partial charge in [0.2, 0.25) is 0 Å². The molecule has 0 fully saturated rings. The summed E-state index contributed by atoms with van der Waals surface area (Å²) in [6.07, 6.45) is 1.29. The van der Waals surface area contributed by atoms with Crippen LogP contribution in [-0.2, 0) is 11.3 Å². The van der Waals surface area contributed by atoms with Crippen molar-refractivity contribution in [3.8, 4) is 0 Å². The van der Waals surface area contributed by atoms with E-state index in [-0.39, 0.29) is 18.3 Å². The van der Waals surface area contributed by atoms with Gasteiger partial charge in [-0.25, -0.2) is 8.78 Å². The molecule has 1 atom stereocenters. The van der Waals surface area contributed by atoms with Crippen molar-refractivity contribution in [2.45, 2.75) is 25.6 Å². The first-order chi connectivity index (χ1) is 8.18. The maximum Gasteiger partial charge on any atom is 0.131 e. The summed E-state index contributed by atoms with van der Waals surface area (Å²) < 4.78 is 32.0. The summed E-state index contributed by atoms with van der Waals surface area (Å²) in [6.45, 7) is 0.569. The molecular weight excluding hydrogens is 226 g/mol. The molecule has 1 aromatic carbocycles. The van der Waals surface area contributed by atoms with Gasteiger partial charge in [0.05, 0.1) is 6.61 Å². The summed E-state index contributed by atoms with van der Waals surface area (Å²) in [4.78, 5) is 4.05. The lowest BCUT2D eigenvalue weighted by atomic mass is 10.1. The van der Waals surface area contributed by atoms with Crippen LogP contribution in [0.5, 0.6) is 0 Å². The van der Waals surface area contributed by atoms with Crippen molar-refractivity contribution in [3.05, 3.63) is 35.4 Å². The molecule has 0 radical (unpaired) electrons. The van der Waals surface area contributed by atoms with E-state index in [0.29, 0.717) is 12.4 Å². The van der Waals surface area contributed by atoms with E-state index in [0.717, 1.165) is 12.8 Å². The topological polar surface area (TPSA) is 47.6 Å². The molecule has 0 saturated carbocycles. The highest BCUT2D eigenvalue weighted by molar-refractivity contribution is 5.85. The van der Waals surface area contributed by atoms with Crippen molar-refractivity contribution >= 4 is 5.84 Å². The summed E-state index contributed by atoms with van der Waals surface area (Å²) in [7, 11) is 0. The normalized spacial score (nSPS) is 20.1. The lowest BCUT2D eigenvalue weighted by Crippen LogP contribution is -2.34. The third kappa shape index (κ3) is 2.79. The minimum Gasteiger partial charge on any atom is -0.385 e. The number of nitrogens with two attached hydrogens (primary N) is 1. The van der Waals surface area contributed by atoms with Crippen LogP contribution in [-0.4, -0.2) is 18.5 Å². The van der Waals surface area contributed by atoms with E-state index in [1.165, 1.54) is 18.2 Å². The number of ether oxygens (including phenoxy) is 1. The Balaban J connectivity index is 2.02. The first-order valence-corrected chi connectivity index (χ1v) is 5.53. The molecular formula is C12H14F2N2O. The van der Waals surface area contributed by atoms with Gasteiger partial charge in [-0.15, -0.1) is 0 Å². The van der Waals surface area contributed by atoms with Crippen molar-refractivity contribution in [1.82, 2.24) is 0 Å². The van der Waals surface area contributed by atoms with Gasteiger partial charge in [0.25, 0.3) is 0 Å². The zero-order chi connectivity index (χ0) is 12.3. The zero-order valence-corrected chi connectivity index (χ0v) is 9.33. The highest BCUT2D eigenvalue weighted by Crippen LogP contribution is 2.16. The number of benzene rings is 1. The van der Waals surface area contributed by atoms with E-state index in [4.69, 9.17) is 10.5 Å². The van der Waals surface area contributed by atoms with Crippen molar-refractivity contribution in [1.29, 1.82) is 0 Å². The van der Waals surface area contributed by atoms with Gasteiger partial charge in [-0.1, -0.05) is 6.07 Å². The van der Waals surface area contributed by atoms with Gasteiger partial charge in [-0.2, -0.15) is 0 Å². The van der Waals surface area contributed by atoms with Gasteiger partial charge in [-0.3, -0.25) is 4.99 Å². The molecule has 3 nitrogen and oxygen atoms in total. The number of rotatable bonds is 3. The summed E-state index contributed by atoms with van der Waals surface area (Å²) >= 11 is 0. The molecule has 1 aliphatic heterocycles. The second-order valence-corrected chi connectivity index (χ2v) is 3.95. The molecule has 0 aliphatic carbocycles. The lowest BCUT2D eigenvalue weighted by Gasteiger charge is -2.21. The third-order valence-corrected chi connectivity index (χ3v) is 2.74. The summed E-state index contributed by atoms with van der Waals surface area (Å²) in [5.41, 5.74) is 5.59. The number of halogens is 2. The first kappa shape index (κ1) is 12.0. The van der Waals surface area contributed by atoms with Gasteiger partial charge in [0, 0.05) is 12.1 Å². The van der Waals surface area contributed by atoms with Crippen molar-refractivity contribution in [2.24, 2.45) is 10.7 Å². The minimum absolute atomic E-state index is 0.0640. The molecule has 0 amide bonds. The number of hydrogen-bond acceptors (Lipinski definition) is 3. The van der Waals surface area contributed by atoms with Gasteiger partial charge in [0.1, 0.15) is 23.6 Å². The molecule has 17 heavy (non-hydrogen) atoms. The van der Waals surface area contributed by atoms with Crippen molar-refractivity contribution in [3.63, 3.8) is 0 Å². The Hall–Kier alpha value is -1.49. The molecule has 92 valence electrons. The molecule has 0 aromatic heterocycles. The van der Waals surface area contributed by atoms with Crippen LogP contribution in [0.1, 0.15) is 18.4 Å². The van der Waals surface area contributed by atoms with E-state index in [1.807, 2.05) is 0 Å². The van der Waals surface area contributed by atoms with E-state index in [9.17, 15) is 8.78 Å². The van der Waals surface area contributed by atoms with Gasteiger partial charge in [0.15, 0.2) is 0 Å². The standard InChI is InChI=1S/C12H14F2N2O/c13-9-3-1-4-10(14)8(9)7-17-11-5-2-6-16-12(11)15/h1,3-4,11H,2,5-7H2,(H2,15,16). The molecule has 2 N–H and O–H groups in total. The Labute approximate surface area is 98.3 Å². The van der Waals surface area contributed by atoms with Crippen LogP contribution in [0, 0.1) is 11.6 Å². The summed E-state index contributed by atoms with van der Waals surface area (Å²) in [6, 6.07) is 3.74. The average molecular weight is 240 g/mol. The number of aliphatic imine (C=N–C) groups is 1. The monoisotopic (exact) mass is 240 g/mol. The smallest absolute Gasteiger partial charge is 0.131 e. The second-order valence-electron chi connectivity index (χ2n) is 3.95. The largest absolute Gasteiger partial charge is 0.385 e. The Morgan fingerprint density at radius 1 is 1.35 bits per heavy atom. The van der Waals surface area contributed by atoms with Crippen LogP contribution < -0.4 is 5.73 Å². The van der Waals surface area contributed by atoms with Crippen LogP contribution in [0.15, 0.2) is 23.2 Å². The van der Waals surface area contributed by atoms with Crippen molar-refractivity contribution in [2.75, 3.05) is 6.54 Å². The number of hydrogen-bond donors (Lipinski definition) is 1. The molecule has 0 spiro atoms. The molecule has 0 bridgehead atoms. The average Bonchev–Trinajstić information content (AvgIpc) is 2.30. The Morgan fingerprint density at radius 3 is 2.71 bits per heavy atom. The van der Waals surface area contributed by atoms with Crippen LogP contribution in [0.3, 0.4) is 0 Å². The molecule has 1 aliphatic rings. The first-order valence-electron chi connectivity index (χ1n) is 5.53. The molecule has 1 heterocycles. The van der Waals surface area contributed by atoms with Crippen LogP contribution in [0.4, 0.5) is 8.78 Å². The minimum atomic E-state index is -0.601. The van der Waals surface area contributed by atoms with Gasteiger partial charge >= 0.3 is 0 Å². The maximum absolute atomic E-state index is 13.3. The summed E-state index contributed by atoms with van der Waals surface area (Å²) in [5.74, 6) is -0.791. The lowest BCUT2D eigenvalue weighted by molar-refractivity contribution is 0.0705. The molecule has 1 aromatic rings. The Kier molecular flexibility index (Phi) is 3.68. The van der Waals surface area contributed by atoms with E-state index in [1.54, 1.807) is 0 Å². The maximum atomic E-state index is 13.3. The predicted octanol–water partition coefficient (Wildman–Crippen LogP) is 2.00. The fourth-order valence-electron chi connectivity index (χ4n) is 1.76. The van der Waals surface area contributed by atoms with E-state index < -0.39 is 11.6 Å². The second kappa shape index (κ2) is 5.23. The van der Waals surface area contributed by atoms with Crippen LogP contribution >= 0.6 is 0 Å². The fourth-order valence-corrected chi connectivity index (χ4v) is 1.76. The summed E-state index contributed by atoms with van der Waals surface area (Å²) in [5, 5.41) is 0.